The summed E-state index contributed by atoms with van der Waals surface area (Å²) in [6.07, 6.45) is 1.65. The summed E-state index contributed by atoms with van der Waals surface area (Å²) in [6, 6.07) is 17.2. The number of benzene rings is 3. The minimum atomic E-state index is -0.531. The zero-order chi connectivity index (χ0) is 24.7. The zero-order valence-corrected chi connectivity index (χ0v) is 19.9. The lowest BCUT2D eigenvalue weighted by molar-refractivity contribution is -0.114. The fourth-order valence-corrected chi connectivity index (χ4v) is 4.82. The molecular formula is C28H28N4O3. The highest BCUT2D eigenvalue weighted by molar-refractivity contribution is 6.52. The maximum absolute atomic E-state index is 12.9. The third-order valence-corrected chi connectivity index (χ3v) is 6.84. The molecule has 0 atom stereocenters. The van der Waals surface area contributed by atoms with Crippen LogP contribution in [-0.2, 0) is 11.3 Å². The molecule has 178 valence electrons. The van der Waals surface area contributed by atoms with Gasteiger partial charge in [0.25, 0.3) is 11.7 Å². The van der Waals surface area contributed by atoms with Gasteiger partial charge in [-0.05, 0) is 66.1 Å². The van der Waals surface area contributed by atoms with Crippen molar-refractivity contribution >= 4 is 39.7 Å². The Hall–Kier alpha value is -4.00. The maximum Gasteiger partial charge on any atom is 0.299 e. The lowest BCUT2D eigenvalue weighted by Gasteiger charge is -2.32. The molecule has 0 unspecified atom stereocenters. The molecule has 2 aliphatic heterocycles. The summed E-state index contributed by atoms with van der Waals surface area (Å²) in [5.41, 5.74) is 3.26. The molecule has 1 saturated heterocycles. The van der Waals surface area contributed by atoms with Crippen molar-refractivity contribution in [2.45, 2.75) is 39.3 Å². The van der Waals surface area contributed by atoms with Gasteiger partial charge in [0.05, 0.1) is 23.6 Å². The van der Waals surface area contributed by atoms with Gasteiger partial charge in [0.1, 0.15) is 11.9 Å². The Morgan fingerprint density at radius 2 is 1.69 bits per heavy atom. The van der Waals surface area contributed by atoms with Gasteiger partial charge in [-0.3, -0.25) is 15.0 Å². The molecule has 3 aromatic carbocycles. The smallest absolute Gasteiger partial charge is 0.299 e. The van der Waals surface area contributed by atoms with Gasteiger partial charge < -0.3 is 19.9 Å². The lowest BCUT2D eigenvalue weighted by atomic mass is 10.0. The normalized spacial score (nSPS) is 16.1. The van der Waals surface area contributed by atoms with Gasteiger partial charge in [-0.2, -0.15) is 0 Å². The topological polar surface area (TPSA) is 97.6 Å². The standard InChI is InChI=1S/C28H28N4O3/c1-17(29)21-6-5-20-4-3-19(13-22(20)14-21)16-32-26-8-7-24(15-25(26)27(33)28(32)34)35-23-9-11-31(12-10-23)18(2)30/h3-8,13-15,23,29-30H,9-12,16H2,1-2H3. The van der Waals surface area contributed by atoms with Crippen molar-refractivity contribution in [3.05, 3.63) is 71.3 Å². The van der Waals surface area contributed by atoms with E-state index >= 15 is 0 Å². The maximum atomic E-state index is 12.9. The van der Waals surface area contributed by atoms with Crippen LogP contribution in [0.15, 0.2) is 54.6 Å². The predicted octanol–water partition coefficient (Wildman–Crippen LogP) is 4.80. The van der Waals surface area contributed by atoms with Gasteiger partial charge in [0, 0.05) is 31.6 Å². The van der Waals surface area contributed by atoms with E-state index in [4.69, 9.17) is 15.6 Å². The Morgan fingerprint density at radius 1 is 0.943 bits per heavy atom. The summed E-state index contributed by atoms with van der Waals surface area (Å²) >= 11 is 0. The van der Waals surface area contributed by atoms with Gasteiger partial charge in [0.2, 0.25) is 0 Å². The minimum absolute atomic E-state index is 0.0269. The number of amides is 1. The number of fused-ring (bicyclic) bond motifs is 2. The monoisotopic (exact) mass is 468 g/mol. The number of carbonyl (C=O) groups is 2. The van der Waals surface area contributed by atoms with Crippen LogP contribution in [0.3, 0.4) is 0 Å². The van der Waals surface area contributed by atoms with Crippen molar-refractivity contribution in [1.29, 1.82) is 10.8 Å². The molecule has 2 aliphatic rings. The fourth-order valence-electron chi connectivity index (χ4n) is 4.82. The number of hydrogen-bond acceptors (Lipinski definition) is 5. The van der Waals surface area contributed by atoms with Crippen LogP contribution in [0.2, 0.25) is 0 Å². The summed E-state index contributed by atoms with van der Waals surface area (Å²) in [5.74, 6) is 0.122. The molecule has 3 aromatic rings. The predicted molar refractivity (Wildman–Crippen MR) is 137 cm³/mol. The largest absolute Gasteiger partial charge is 0.490 e. The van der Waals surface area contributed by atoms with Gasteiger partial charge in [-0.15, -0.1) is 0 Å². The summed E-state index contributed by atoms with van der Waals surface area (Å²) in [7, 11) is 0. The van der Waals surface area contributed by atoms with Crippen LogP contribution >= 0.6 is 0 Å². The van der Waals surface area contributed by atoms with Gasteiger partial charge in [-0.25, -0.2) is 0 Å². The molecule has 0 bridgehead atoms. The molecule has 1 amide bonds. The molecule has 2 N–H and O–H groups in total. The molecule has 0 radical (unpaired) electrons. The van der Waals surface area contributed by atoms with E-state index in [-0.39, 0.29) is 6.10 Å². The number of amidine groups is 1. The Morgan fingerprint density at radius 3 is 2.40 bits per heavy atom. The van der Waals surface area contributed by atoms with Crippen LogP contribution in [0, 0.1) is 10.8 Å². The summed E-state index contributed by atoms with van der Waals surface area (Å²) < 4.78 is 6.13. The third kappa shape index (κ3) is 4.41. The summed E-state index contributed by atoms with van der Waals surface area (Å²) in [5, 5.41) is 17.7. The van der Waals surface area contributed by atoms with Crippen molar-refractivity contribution < 1.29 is 14.3 Å². The molecule has 2 heterocycles. The molecule has 0 saturated carbocycles. The van der Waals surface area contributed by atoms with Crippen LogP contribution in [0.1, 0.15) is 48.2 Å². The first-order valence-electron chi connectivity index (χ1n) is 11.9. The lowest BCUT2D eigenvalue weighted by Crippen LogP contribution is -2.40. The molecule has 0 spiro atoms. The van der Waals surface area contributed by atoms with E-state index in [1.165, 1.54) is 4.90 Å². The SMILES string of the molecule is CC(=N)c1ccc2ccc(CN3C(=O)C(=O)c4cc(OC5CCN(C(C)=N)CC5)ccc43)cc2c1. The van der Waals surface area contributed by atoms with E-state index in [0.29, 0.717) is 35.1 Å². The van der Waals surface area contributed by atoms with E-state index in [0.717, 1.165) is 47.8 Å². The number of ether oxygens (including phenoxy) is 1. The highest BCUT2D eigenvalue weighted by Gasteiger charge is 2.36. The van der Waals surface area contributed by atoms with Crippen LogP contribution in [0.5, 0.6) is 5.75 Å². The summed E-state index contributed by atoms with van der Waals surface area (Å²) in [6.45, 7) is 5.41. The van der Waals surface area contributed by atoms with E-state index in [2.05, 4.69) is 0 Å². The average Bonchev–Trinajstić information content (AvgIpc) is 3.08. The average molecular weight is 469 g/mol. The van der Waals surface area contributed by atoms with Crippen molar-refractivity contribution in [3.8, 4) is 5.75 Å². The quantitative estimate of drug-likeness (QED) is 0.319. The first-order valence-corrected chi connectivity index (χ1v) is 11.9. The number of rotatable bonds is 5. The van der Waals surface area contributed by atoms with E-state index in [1.54, 1.807) is 26.0 Å². The number of nitrogens with one attached hydrogen (secondary N) is 2. The molecule has 7 nitrogen and oxygen atoms in total. The van der Waals surface area contributed by atoms with Crippen LogP contribution < -0.4 is 9.64 Å². The molecule has 7 heteroatoms. The summed E-state index contributed by atoms with van der Waals surface area (Å²) in [4.78, 5) is 29.2. The van der Waals surface area contributed by atoms with Crippen LogP contribution in [0.4, 0.5) is 5.69 Å². The number of ketones is 1. The number of hydrogen-bond donors (Lipinski definition) is 2. The van der Waals surface area contributed by atoms with Gasteiger partial charge in [0.15, 0.2) is 0 Å². The van der Waals surface area contributed by atoms with Gasteiger partial charge >= 0.3 is 0 Å². The molecule has 0 aromatic heterocycles. The number of Topliss-reactive ketones (excluding diaryl/α,β-unsaturated/α-hetero) is 1. The number of piperidine rings is 1. The van der Waals surface area contributed by atoms with Crippen molar-refractivity contribution in [2.75, 3.05) is 18.0 Å². The molecule has 0 aliphatic carbocycles. The molecule has 5 rings (SSSR count). The number of anilines is 1. The molecule has 1 fully saturated rings. The Kier molecular flexibility index (Phi) is 5.84. The highest BCUT2D eigenvalue weighted by atomic mass is 16.5. The van der Waals surface area contributed by atoms with Crippen LogP contribution in [0.25, 0.3) is 10.8 Å². The van der Waals surface area contributed by atoms with Crippen LogP contribution in [-0.4, -0.2) is 47.3 Å². The molecule has 35 heavy (non-hydrogen) atoms. The van der Waals surface area contributed by atoms with E-state index < -0.39 is 11.7 Å². The number of nitrogens with zero attached hydrogens (tertiary/aromatic N) is 2. The number of carbonyl (C=O) groups excluding carboxylic acids is 2. The van der Waals surface area contributed by atoms with E-state index in [1.807, 2.05) is 47.4 Å². The second-order valence-electron chi connectivity index (χ2n) is 9.31. The van der Waals surface area contributed by atoms with Crippen molar-refractivity contribution in [1.82, 2.24) is 4.90 Å². The van der Waals surface area contributed by atoms with Crippen molar-refractivity contribution in [3.63, 3.8) is 0 Å². The first-order chi connectivity index (χ1) is 16.8. The third-order valence-electron chi connectivity index (χ3n) is 6.84. The Bertz CT molecular complexity index is 1370. The fraction of sp³-hybridized carbons (Fsp3) is 0.286. The first kappa shape index (κ1) is 22.8. The highest BCUT2D eigenvalue weighted by Crippen LogP contribution is 2.34. The minimum Gasteiger partial charge on any atom is -0.490 e. The van der Waals surface area contributed by atoms with Gasteiger partial charge in [-0.1, -0.05) is 24.3 Å². The number of likely N-dealkylation sites (tertiary alicyclic amines) is 1. The second-order valence-corrected chi connectivity index (χ2v) is 9.31. The van der Waals surface area contributed by atoms with Crippen molar-refractivity contribution in [2.24, 2.45) is 0 Å². The zero-order valence-electron chi connectivity index (χ0n) is 19.9. The Labute approximate surface area is 204 Å². The second kappa shape index (κ2) is 8.98. The van der Waals surface area contributed by atoms with E-state index in [9.17, 15) is 9.59 Å². The molecular weight excluding hydrogens is 440 g/mol. The Balaban J connectivity index is 1.34.